The van der Waals surface area contributed by atoms with E-state index in [1.54, 1.807) is 0 Å². The van der Waals surface area contributed by atoms with E-state index >= 15 is 0 Å². The summed E-state index contributed by atoms with van der Waals surface area (Å²) in [6.45, 7) is 4.49. The van der Waals surface area contributed by atoms with Crippen molar-refractivity contribution in [2.75, 3.05) is 19.6 Å². The number of nitrogens with zero attached hydrogens (tertiary/aromatic N) is 2. The Hall–Kier alpha value is -1.08. The van der Waals surface area contributed by atoms with Crippen molar-refractivity contribution in [2.45, 2.75) is 25.8 Å². The average Bonchev–Trinajstić information content (AvgIpc) is 2.30. The molecule has 13 heavy (non-hydrogen) atoms. The van der Waals surface area contributed by atoms with E-state index < -0.39 is 0 Å². The van der Waals surface area contributed by atoms with Gasteiger partial charge >= 0.3 is 0 Å². The summed E-state index contributed by atoms with van der Waals surface area (Å²) in [4.78, 5) is 13.5. The molecule has 1 aliphatic heterocycles. The molecule has 1 aliphatic rings. The van der Waals surface area contributed by atoms with Gasteiger partial charge in [-0.25, -0.2) is 0 Å². The summed E-state index contributed by atoms with van der Waals surface area (Å²) in [6.07, 6.45) is 1.27. The maximum absolute atomic E-state index is 11.5. The standard InChI is InChI=1S/C9H15N3O/c1-2-12-7-3-6-11-9(13)8(12)4-5-10/h8H,2-4,6-7H2,1H3,(H,11,13). The van der Waals surface area contributed by atoms with Gasteiger partial charge in [0.15, 0.2) is 0 Å². The van der Waals surface area contributed by atoms with Gasteiger partial charge in [-0.2, -0.15) is 5.26 Å². The average molecular weight is 181 g/mol. The van der Waals surface area contributed by atoms with Gasteiger partial charge in [0.2, 0.25) is 5.91 Å². The number of hydrogen-bond donors (Lipinski definition) is 1. The molecule has 1 N–H and O–H groups in total. The molecule has 1 saturated heterocycles. The highest BCUT2D eigenvalue weighted by molar-refractivity contribution is 5.82. The van der Waals surface area contributed by atoms with Crippen LogP contribution < -0.4 is 5.32 Å². The highest BCUT2D eigenvalue weighted by Gasteiger charge is 2.26. The molecule has 1 fully saturated rings. The van der Waals surface area contributed by atoms with Crippen LogP contribution in [0.5, 0.6) is 0 Å². The number of likely N-dealkylation sites (N-methyl/N-ethyl adjacent to an activating group) is 1. The van der Waals surface area contributed by atoms with Gasteiger partial charge in [0.1, 0.15) is 6.04 Å². The van der Waals surface area contributed by atoms with Gasteiger partial charge in [0, 0.05) is 13.1 Å². The maximum Gasteiger partial charge on any atom is 0.238 e. The first-order valence-corrected chi connectivity index (χ1v) is 4.68. The Balaban J connectivity index is 2.67. The zero-order valence-electron chi connectivity index (χ0n) is 7.92. The molecule has 1 heterocycles. The third-order valence-corrected chi connectivity index (χ3v) is 2.36. The van der Waals surface area contributed by atoms with Gasteiger partial charge in [-0.15, -0.1) is 0 Å². The van der Waals surface area contributed by atoms with Crippen molar-refractivity contribution < 1.29 is 4.79 Å². The Labute approximate surface area is 78.5 Å². The van der Waals surface area contributed by atoms with Gasteiger partial charge in [0.25, 0.3) is 0 Å². The minimum atomic E-state index is -0.238. The molecule has 4 nitrogen and oxygen atoms in total. The summed E-state index contributed by atoms with van der Waals surface area (Å²) in [7, 11) is 0. The van der Waals surface area contributed by atoms with E-state index in [1.165, 1.54) is 0 Å². The number of carbonyl (C=O) groups is 1. The van der Waals surface area contributed by atoms with Crippen LogP contribution in [0.2, 0.25) is 0 Å². The third kappa shape index (κ3) is 2.43. The number of nitriles is 1. The number of amides is 1. The molecule has 0 saturated carbocycles. The Morgan fingerprint density at radius 2 is 2.54 bits per heavy atom. The predicted molar refractivity (Wildman–Crippen MR) is 48.9 cm³/mol. The second-order valence-electron chi connectivity index (χ2n) is 3.15. The van der Waals surface area contributed by atoms with Crippen molar-refractivity contribution in [1.82, 2.24) is 10.2 Å². The molecule has 0 spiro atoms. The normalized spacial score (nSPS) is 24.6. The number of nitrogens with one attached hydrogen (secondary N) is 1. The highest BCUT2D eigenvalue weighted by atomic mass is 16.2. The molecule has 1 unspecified atom stereocenters. The fourth-order valence-electron chi connectivity index (χ4n) is 1.62. The lowest BCUT2D eigenvalue weighted by molar-refractivity contribution is -0.125. The van der Waals surface area contributed by atoms with E-state index in [0.29, 0.717) is 6.42 Å². The van der Waals surface area contributed by atoms with Gasteiger partial charge in [-0.3, -0.25) is 9.69 Å². The molecule has 1 rings (SSSR count). The quantitative estimate of drug-likeness (QED) is 0.658. The number of carbonyl (C=O) groups excluding carboxylic acids is 1. The van der Waals surface area contributed by atoms with E-state index in [0.717, 1.165) is 26.1 Å². The highest BCUT2D eigenvalue weighted by Crippen LogP contribution is 2.07. The lowest BCUT2D eigenvalue weighted by Gasteiger charge is -2.24. The molecule has 0 aromatic rings. The van der Waals surface area contributed by atoms with E-state index in [-0.39, 0.29) is 11.9 Å². The topological polar surface area (TPSA) is 56.1 Å². The largest absolute Gasteiger partial charge is 0.355 e. The Morgan fingerprint density at radius 1 is 1.77 bits per heavy atom. The minimum absolute atomic E-state index is 0.000833. The van der Waals surface area contributed by atoms with Crippen LogP contribution in [0.25, 0.3) is 0 Å². The smallest absolute Gasteiger partial charge is 0.238 e. The predicted octanol–water partition coefficient (Wildman–Crippen LogP) is 0.110. The third-order valence-electron chi connectivity index (χ3n) is 2.36. The van der Waals surface area contributed by atoms with Gasteiger partial charge < -0.3 is 5.32 Å². The van der Waals surface area contributed by atoms with Crippen LogP contribution in [0.3, 0.4) is 0 Å². The lowest BCUT2D eigenvalue weighted by atomic mass is 10.2. The van der Waals surface area contributed by atoms with Crippen LogP contribution in [0, 0.1) is 11.3 Å². The van der Waals surface area contributed by atoms with Crippen LogP contribution in [-0.4, -0.2) is 36.5 Å². The first kappa shape index (κ1) is 10.0. The Kier molecular flexibility index (Phi) is 3.71. The minimum Gasteiger partial charge on any atom is -0.355 e. The van der Waals surface area contributed by atoms with Crippen molar-refractivity contribution in [2.24, 2.45) is 0 Å². The molecular weight excluding hydrogens is 166 g/mol. The second kappa shape index (κ2) is 4.83. The molecule has 0 bridgehead atoms. The summed E-state index contributed by atoms with van der Waals surface area (Å²) < 4.78 is 0. The van der Waals surface area contributed by atoms with Gasteiger partial charge in [-0.05, 0) is 13.0 Å². The number of rotatable bonds is 2. The maximum atomic E-state index is 11.5. The number of hydrogen-bond acceptors (Lipinski definition) is 3. The van der Waals surface area contributed by atoms with Crippen LogP contribution in [0.1, 0.15) is 19.8 Å². The van der Waals surface area contributed by atoms with E-state index in [4.69, 9.17) is 5.26 Å². The van der Waals surface area contributed by atoms with Crippen LogP contribution in [0.15, 0.2) is 0 Å². The van der Waals surface area contributed by atoms with Crippen molar-refractivity contribution in [3.05, 3.63) is 0 Å². The second-order valence-corrected chi connectivity index (χ2v) is 3.15. The molecule has 4 heteroatoms. The fourth-order valence-corrected chi connectivity index (χ4v) is 1.62. The molecule has 0 aromatic heterocycles. The van der Waals surface area contributed by atoms with Crippen LogP contribution >= 0.6 is 0 Å². The molecule has 1 atom stereocenters. The Bertz CT molecular complexity index is 221. The van der Waals surface area contributed by atoms with Crippen LogP contribution in [-0.2, 0) is 4.79 Å². The summed E-state index contributed by atoms with van der Waals surface area (Å²) in [5, 5.41) is 11.4. The molecule has 0 aliphatic carbocycles. The monoisotopic (exact) mass is 181 g/mol. The molecular formula is C9H15N3O. The van der Waals surface area contributed by atoms with Crippen LogP contribution in [0.4, 0.5) is 0 Å². The summed E-state index contributed by atoms with van der Waals surface area (Å²) in [5.41, 5.74) is 0. The zero-order chi connectivity index (χ0) is 9.68. The van der Waals surface area contributed by atoms with Crippen molar-refractivity contribution in [3.63, 3.8) is 0 Å². The van der Waals surface area contributed by atoms with E-state index in [2.05, 4.69) is 16.3 Å². The van der Waals surface area contributed by atoms with E-state index in [9.17, 15) is 4.79 Å². The van der Waals surface area contributed by atoms with Gasteiger partial charge in [0.05, 0.1) is 12.5 Å². The van der Waals surface area contributed by atoms with Gasteiger partial charge in [-0.1, -0.05) is 6.92 Å². The molecule has 0 radical (unpaired) electrons. The first-order chi connectivity index (χ1) is 6.29. The SMILES string of the molecule is CCN1CCCNC(=O)C1CC#N. The molecule has 0 aromatic carbocycles. The van der Waals surface area contributed by atoms with Crippen molar-refractivity contribution in [1.29, 1.82) is 5.26 Å². The summed E-state index contributed by atoms with van der Waals surface area (Å²) in [5.74, 6) is 0.000833. The Morgan fingerprint density at radius 3 is 3.15 bits per heavy atom. The van der Waals surface area contributed by atoms with Crippen molar-refractivity contribution in [3.8, 4) is 6.07 Å². The summed E-state index contributed by atoms with van der Waals surface area (Å²) >= 11 is 0. The summed E-state index contributed by atoms with van der Waals surface area (Å²) in [6, 6.07) is 1.82. The molecule has 1 amide bonds. The first-order valence-electron chi connectivity index (χ1n) is 4.68. The molecule has 72 valence electrons. The van der Waals surface area contributed by atoms with Crippen molar-refractivity contribution >= 4 is 5.91 Å². The zero-order valence-corrected chi connectivity index (χ0v) is 7.92. The lowest BCUT2D eigenvalue weighted by Crippen LogP contribution is -2.43. The fraction of sp³-hybridized carbons (Fsp3) is 0.778. The van der Waals surface area contributed by atoms with E-state index in [1.807, 2.05) is 6.92 Å².